The summed E-state index contributed by atoms with van der Waals surface area (Å²) in [5.74, 6) is 0.684. The molecule has 2 aliphatic rings. The predicted molar refractivity (Wildman–Crippen MR) is 459 cm³/mol. The molecular weight excluding hydrogens is 1290 g/mol. The van der Waals surface area contributed by atoms with Crippen LogP contribution in [-0.4, -0.2) is 16.7 Å². The lowest BCUT2D eigenvalue weighted by Gasteiger charge is -2.45. The molecule has 3 heterocycles. The van der Waals surface area contributed by atoms with Gasteiger partial charge in [-0.05, 0) is 239 Å². The minimum atomic E-state index is -0.251. The van der Waals surface area contributed by atoms with Crippen molar-refractivity contribution >= 4 is 100 Å². The SMILES string of the molecule is CC(C)(C)c1cc(-c2cc(-c3cc4c5c(c3)N(c3cc(-c6ccccc6)cc(-c6ccccc6)c3)c3cc6c(ccc7ccccc76)cc3B5c3cc5ccc6ccccc6c5cc3N4c3cc(-c4ccccc4)cc(-c4ccccc4)c3)nc(-c3cc(C(C)(C)C)cc(C(C)(C)C)c3)n2)cc(C(C)(C)C)c1. The number of nitrogens with zero attached hydrogens (tertiary/aromatic N) is 4. The minimum Gasteiger partial charge on any atom is -0.311 e. The van der Waals surface area contributed by atoms with E-state index in [1.54, 1.807) is 0 Å². The summed E-state index contributed by atoms with van der Waals surface area (Å²) in [6, 6.07) is 117. The molecule has 15 aromatic carbocycles. The molecule has 0 saturated carbocycles. The number of aromatic nitrogens is 2. The van der Waals surface area contributed by atoms with Crippen molar-refractivity contribution in [1.82, 2.24) is 9.97 Å². The summed E-state index contributed by atoms with van der Waals surface area (Å²) in [5.41, 5.74) is 28.4. The van der Waals surface area contributed by atoms with E-state index in [9.17, 15) is 0 Å². The largest absolute Gasteiger partial charge is 0.311 e. The Morgan fingerprint density at radius 2 is 0.551 bits per heavy atom. The molecule has 18 rings (SSSR count). The summed E-state index contributed by atoms with van der Waals surface area (Å²) in [4.78, 5) is 17.2. The molecule has 518 valence electrons. The molecule has 0 aliphatic carbocycles. The fourth-order valence-corrected chi connectivity index (χ4v) is 16.5. The third-order valence-electron chi connectivity index (χ3n) is 22.5. The topological polar surface area (TPSA) is 32.3 Å². The summed E-state index contributed by atoms with van der Waals surface area (Å²) in [5, 5.41) is 9.63. The second-order valence-corrected chi connectivity index (χ2v) is 33.9. The number of hydrogen-bond donors (Lipinski definition) is 0. The fourth-order valence-electron chi connectivity index (χ4n) is 16.5. The van der Waals surface area contributed by atoms with Crippen LogP contribution < -0.4 is 26.2 Å². The summed E-state index contributed by atoms with van der Waals surface area (Å²) in [6.07, 6.45) is 0. The lowest BCUT2D eigenvalue weighted by Crippen LogP contribution is -2.61. The lowest BCUT2D eigenvalue weighted by molar-refractivity contribution is 0.568. The quantitative estimate of drug-likeness (QED) is 0.106. The highest BCUT2D eigenvalue weighted by molar-refractivity contribution is 7.00. The Balaban J connectivity index is 1.03. The highest BCUT2D eigenvalue weighted by Crippen LogP contribution is 2.51. The van der Waals surface area contributed by atoms with E-state index in [0.717, 1.165) is 107 Å². The van der Waals surface area contributed by atoms with E-state index >= 15 is 0 Å². The van der Waals surface area contributed by atoms with Crippen molar-refractivity contribution in [3.63, 3.8) is 0 Å². The Morgan fingerprint density at radius 3 is 0.907 bits per heavy atom. The van der Waals surface area contributed by atoms with Crippen LogP contribution in [0.3, 0.4) is 0 Å². The van der Waals surface area contributed by atoms with E-state index in [4.69, 9.17) is 9.97 Å². The molecule has 0 N–H and O–H groups in total. The lowest BCUT2D eigenvalue weighted by atomic mass is 9.33. The Kier molecular flexibility index (Phi) is 15.9. The predicted octanol–water partition coefficient (Wildman–Crippen LogP) is 26.0. The summed E-state index contributed by atoms with van der Waals surface area (Å²) in [6.45, 7) is 27.6. The second kappa shape index (κ2) is 25.4. The second-order valence-electron chi connectivity index (χ2n) is 33.9. The molecule has 5 heteroatoms. The van der Waals surface area contributed by atoms with Crippen molar-refractivity contribution in [1.29, 1.82) is 0 Å². The number of fused-ring (bicyclic) bond motifs is 10. The maximum Gasteiger partial charge on any atom is 0.252 e. The first kappa shape index (κ1) is 67.0. The minimum absolute atomic E-state index is 0.153. The van der Waals surface area contributed by atoms with E-state index in [1.165, 1.54) is 81.7 Å². The molecule has 2 aliphatic heterocycles. The van der Waals surface area contributed by atoms with Crippen molar-refractivity contribution in [3.05, 3.63) is 332 Å². The van der Waals surface area contributed by atoms with Gasteiger partial charge in [-0.25, -0.2) is 9.97 Å². The van der Waals surface area contributed by atoms with Crippen LogP contribution in [0.15, 0.2) is 309 Å². The normalized spacial score (nSPS) is 13.0. The Morgan fingerprint density at radius 1 is 0.234 bits per heavy atom. The molecule has 1 aromatic heterocycles. The van der Waals surface area contributed by atoms with Crippen LogP contribution in [-0.2, 0) is 21.7 Å². The highest BCUT2D eigenvalue weighted by atomic mass is 15.2. The van der Waals surface area contributed by atoms with Crippen LogP contribution in [0.2, 0.25) is 0 Å². The van der Waals surface area contributed by atoms with Gasteiger partial charge in [-0.2, -0.15) is 0 Å². The van der Waals surface area contributed by atoms with E-state index in [-0.39, 0.29) is 28.4 Å². The standard InChI is InChI=1S/C102H87BN4/c1-99(2,3)79-47-76(48-80(59-79)100(4,5)6)91-63-92(105-98(104-91)78-49-81(101(7,8)9)60-82(50-78)102(10,11)12)77-57-95-97-96(58-77)107(84-53-74(66-33-21-15-22-34-66)46-75(54-84)67-35-23-16-24-36-67)94-62-88-71(44-42-69-38-26-28-40-86(69)88)56-90(94)103(97)89-55-70-43-41-68-37-25-27-39-85(68)87(70)61-93(89)106(95)83-51-72(64-29-17-13-18-30-64)45-73(52-83)65-31-19-14-20-32-65/h13-63H,1-12H3. The van der Waals surface area contributed by atoms with Crippen molar-refractivity contribution < 1.29 is 0 Å². The van der Waals surface area contributed by atoms with Crippen LogP contribution >= 0.6 is 0 Å². The van der Waals surface area contributed by atoms with Crippen LogP contribution in [0.25, 0.3) is 122 Å². The van der Waals surface area contributed by atoms with Crippen LogP contribution in [0, 0.1) is 0 Å². The van der Waals surface area contributed by atoms with Gasteiger partial charge in [0.15, 0.2) is 5.82 Å². The molecule has 0 saturated heterocycles. The summed E-state index contributed by atoms with van der Waals surface area (Å²) < 4.78 is 0. The van der Waals surface area contributed by atoms with Gasteiger partial charge in [0.1, 0.15) is 0 Å². The van der Waals surface area contributed by atoms with Crippen LogP contribution in [0.4, 0.5) is 34.1 Å². The molecule has 0 bridgehead atoms. The first-order chi connectivity index (χ1) is 51.5. The Bertz CT molecular complexity index is 5680. The van der Waals surface area contributed by atoms with E-state index in [2.05, 4.69) is 402 Å². The molecule has 0 spiro atoms. The first-order valence-electron chi connectivity index (χ1n) is 37.9. The van der Waals surface area contributed by atoms with Crippen LogP contribution in [0.1, 0.15) is 105 Å². The molecule has 4 nitrogen and oxygen atoms in total. The number of anilines is 6. The molecule has 0 fully saturated rings. The van der Waals surface area contributed by atoms with Gasteiger partial charge in [-0.3, -0.25) is 0 Å². The molecule has 107 heavy (non-hydrogen) atoms. The third kappa shape index (κ3) is 12.2. The van der Waals surface area contributed by atoms with Gasteiger partial charge in [0.05, 0.1) is 11.4 Å². The zero-order chi connectivity index (χ0) is 73.4. The molecular formula is C102H87BN4. The average molecular weight is 1380 g/mol. The maximum absolute atomic E-state index is 6.05. The van der Waals surface area contributed by atoms with Gasteiger partial charge < -0.3 is 9.80 Å². The molecule has 16 aromatic rings. The van der Waals surface area contributed by atoms with E-state index < -0.39 is 0 Å². The van der Waals surface area contributed by atoms with Gasteiger partial charge in [-0.15, -0.1) is 0 Å². The third-order valence-corrected chi connectivity index (χ3v) is 22.5. The zero-order valence-corrected chi connectivity index (χ0v) is 63.3. The summed E-state index contributed by atoms with van der Waals surface area (Å²) in [7, 11) is 0. The van der Waals surface area contributed by atoms with Crippen LogP contribution in [0.5, 0.6) is 0 Å². The van der Waals surface area contributed by atoms with Crippen molar-refractivity contribution in [2.24, 2.45) is 0 Å². The molecule has 0 amide bonds. The summed E-state index contributed by atoms with van der Waals surface area (Å²) >= 11 is 0. The first-order valence-corrected chi connectivity index (χ1v) is 37.9. The van der Waals surface area contributed by atoms with Gasteiger partial charge in [0.2, 0.25) is 0 Å². The number of rotatable bonds is 9. The highest BCUT2D eigenvalue weighted by Gasteiger charge is 2.45. The van der Waals surface area contributed by atoms with Gasteiger partial charge >= 0.3 is 0 Å². The van der Waals surface area contributed by atoms with Crippen molar-refractivity contribution in [2.75, 3.05) is 9.80 Å². The smallest absolute Gasteiger partial charge is 0.252 e. The van der Waals surface area contributed by atoms with Gasteiger partial charge in [0.25, 0.3) is 6.71 Å². The zero-order valence-electron chi connectivity index (χ0n) is 63.3. The van der Waals surface area contributed by atoms with E-state index in [0.29, 0.717) is 5.82 Å². The van der Waals surface area contributed by atoms with Crippen molar-refractivity contribution in [2.45, 2.75) is 105 Å². The monoisotopic (exact) mass is 1380 g/mol. The van der Waals surface area contributed by atoms with Crippen molar-refractivity contribution in [3.8, 4) is 78.4 Å². The Hall–Kier alpha value is -11.9. The van der Waals surface area contributed by atoms with E-state index in [1.807, 2.05) is 0 Å². The number of benzene rings is 15. The number of hydrogen-bond acceptors (Lipinski definition) is 4. The van der Waals surface area contributed by atoms with Gasteiger partial charge in [-0.1, -0.05) is 301 Å². The molecule has 0 unspecified atom stereocenters. The molecule has 0 atom stereocenters. The molecule has 0 radical (unpaired) electrons. The Labute approximate surface area is 630 Å². The average Bonchev–Trinajstić information content (AvgIpc) is 0.686. The fraction of sp³-hybridized carbons (Fsp3) is 0.157. The van der Waals surface area contributed by atoms with Gasteiger partial charge in [0, 0.05) is 50.8 Å². The maximum atomic E-state index is 6.05.